The summed E-state index contributed by atoms with van der Waals surface area (Å²) in [7, 11) is 1.75. The van der Waals surface area contributed by atoms with Crippen LogP contribution in [0.15, 0.2) is 42.5 Å². The van der Waals surface area contributed by atoms with Gasteiger partial charge in [-0.2, -0.15) is 0 Å². The summed E-state index contributed by atoms with van der Waals surface area (Å²) in [6, 6.07) is 14.9. The van der Waals surface area contributed by atoms with Crippen LogP contribution in [0.2, 0.25) is 0 Å². The van der Waals surface area contributed by atoms with Crippen LogP contribution < -0.4 is 0 Å². The molecule has 0 amide bonds. The summed E-state index contributed by atoms with van der Waals surface area (Å²) in [5.74, 6) is 0. The SMILES string of the molecule is COCCCn1c(C)ccc1-c1ccccc1. The Kier molecular flexibility index (Phi) is 3.99. The standard InChI is InChI=1S/C15H19NO/c1-13-9-10-15(14-7-4-3-5-8-14)16(13)11-6-12-17-2/h3-5,7-10H,6,11-12H2,1-2H3. The second-order valence-electron chi connectivity index (χ2n) is 4.22. The lowest BCUT2D eigenvalue weighted by Gasteiger charge is -2.11. The van der Waals surface area contributed by atoms with Crippen LogP contribution in [0.4, 0.5) is 0 Å². The van der Waals surface area contributed by atoms with E-state index >= 15 is 0 Å². The van der Waals surface area contributed by atoms with Crippen molar-refractivity contribution >= 4 is 0 Å². The molecule has 2 rings (SSSR count). The van der Waals surface area contributed by atoms with Gasteiger partial charge in [0.25, 0.3) is 0 Å². The van der Waals surface area contributed by atoms with E-state index in [0.717, 1.165) is 19.6 Å². The fourth-order valence-corrected chi connectivity index (χ4v) is 2.09. The van der Waals surface area contributed by atoms with E-state index in [1.807, 2.05) is 0 Å². The highest BCUT2D eigenvalue weighted by molar-refractivity contribution is 5.60. The molecule has 2 aromatic rings. The van der Waals surface area contributed by atoms with E-state index < -0.39 is 0 Å². The highest BCUT2D eigenvalue weighted by atomic mass is 16.5. The quantitative estimate of drug-likeness (QED) is 0.716. The first-order valence-corrected chi connectivity index (χ1v) is 6.03. The van der Waals surface area contributed by atoms with Crippen LogP contribution in [0.25, 0.3) is 11.3 Å². The molecular weight excluding hydrogens is 210 g/mol. The maximum Gasteiger partial charge on any atom is 0.0482 e. The molecular formula is C15H19NO. The Hall–Kier alpha value is -1.54. The third-order valence-electron chi connectivity index (χ3n) is 3.00. The Labute approximate surface area is 103 Å². The molecule has 0 aliphatic carbocycles. The molecule has 2 heteroatoms. The summed E-state index contributed by atoms with van der Waals surface area (Å²) in [6.07, 6.45) is 1.05. The van der Waals surface area contributed by atoms with Gasteiger partial charge < -0.3 is 9.30 Å². The van der Waals surface area contributed by atoms with Crippen molar-refractivity contribution in [3.05, 3.63) is 48.2 Å². The van der Waals surface area contributed by atoms with Crippen LogP contribution in [0.1, 0.15) is 12.1 Å². The largest absolute Gasteiger partial charge is 0.385 e. The summed E-state index contributed by atoms with van der Waals surface area (Å²) >= 11 is 0. The Morgan fingerprint density at radius 1 is 1.06 bits per heavy atom. The molecule has 90 valence electrons. The first kappa shape index (κ1) is 11.9. The number of rotatable bonds is 5. The van der Waals surface area contributed by atoms with E-state index in [4.69, 9.17) is 4.74 Å². The second-order valence-corrected chi connectivity index (χ2v) is 4.22. The maximum absolute atomic E-state index is 5.11. The number of nitrogens with zero attached hydrogens (tertiary/aromatic N) is 1. The normalized spacial score (nSPS) is 10.7. The van der Waals surface area contributed by atoms with E-state index in [9.17, 15) is 0 Å². The monoisotopic (exact) mass is 229 g/mol. The molecule has 0 atom stereocenters. The zero-order valence-electron chi connectivity index (χ0n) is 10.5. The van der Waals surface area contributed by atoms with Gasteiger partial charge in [-0.1, -0.05) is 30.3 Å². The van der Waals surface area contributed by atoms with Crippen LogP contribution >= 0.6 is 0 Å². The Morgan fingerprint density at radius 2 is 1.82 bits per heavy atom. The predicted molar refractivity (Wildman–Crippen MR) is 71.1 cm³/mol. The van der Waals surface area contributed by atoms with Crippen LogP contribution in [0.3, 0.4) is 0 Å². The van der Waals surface area contributed by atoms with Gasteiger partial charge in [0.15, 0.2) is 0 Å². The number of aryl methyl sites for hydroxylation is 1. The lowest BCUT2D eigenvalue weighted by molar-refractivity contribution is 0.190. The smallest absolute Gasteiger partial charge is 0.0482 e. The van der Waals surface area contributed by atoms with Gasteiger partial charge in [0.1, 0.15) is 0 Å². The lowest BCUT2D eigenvalue weighted by atomic mass is 10.1. The Morgan fingerprint density at radius 3 is 2.53 bits per heavy atom. The fourth-order valence-electron chi connectivity index (χ4n) is 2.09. The van der Waals surface area contributed by atoms with Gasteiger partial charge in [0.05, 0.1) is 0 Å². The van der Waals surface area contributed by atoms with Crippen molar-refractivity contribution in [3.8, 4) is 11.3 Å². The number of aromatic nitrogens is 1. The van der Waals surface area contributed by atoms with Crippen LogP contribution in [-0.4, -0.2) is 18.3 Å². The molecule has 0 bridgehead atoms. The summed E-state index contributed by atoms with van der Waals surface area (Å²) in [6.45, 7) is 3.97. The van der Waals surface area contributed by atoms with E-state index in [-0.39, 0.29) is 0 Å². The van der Waals surface area contributed by atoms with E-state index in [2.05, 4.69) is 54.0 Å². The van der Waals surface area contributed by atoms with Crippen molar-refractivity contribution in [2.45, 2.75) is 19.9 Å². The van der Waals surface area contributed by atoms with Crippen molar-refractivity contribution in [1.82, 2.24) is 4.57 Å². The van der Waals surface area contributed by atoms with Gasteiger partial charge >= 0.3 is 0 Å². The number of methoxy groups -OCH3 is 1. The molecule has 0 radical (unpaired) electrons. The molecule has 0 aliphatic rings. The predicted octanol–water partition coefficient (Wildman–Crippen LogP) is 3.50. The average molecular weight is 229 g/mol. The third-order valence-corrected chi connectivity index (χ3v) is 3.00. The number of hydrogen-bond acceptors (Lipinski definition) is 1. The molecule has 1 aromatic carbocycles. The average Bonchev–Trinajstić information content (AvgIpc) is 2.73. The first-order chi connectivity index (χ1) is 8.33. The van der Waals surface area contributed by atoms with E-state index in [1.54, 1.807) is 7.11 Å². The van der Waals surface area contributed by atoms with Crippen molar-refractivity contribution in [2.75, 3.05) is 13.7 Å². The highest BCUT2D eigenvalue weighted by Gasteiger charge is 2.06. The minimum atomic E-state index is 0.811. The maximum atomic E-state index is 5.11. The summed E-state index contributed by atoms with van der Waals surface area (Å²) < 4.78 is 7.47. The van der Waals surface area contributed by atoms with E-state index in [0.29, 0.717) is 0 Å². The van der Waals surface area contributed by atoms with Crippen LogP contribution in [0, 0.1) is 6.92 Å². The molecule has 0 aliphatic heterocycles. The third kappa shape index (κ3) is 2.77. The Balaban J connectivity index is 2.23. The van der Waals surface area contributed by atoms with Crippen molar-refractivity contribution in [2.24, 2.45) is 0 Å². The summed E-state index contributed by atoms with van der Waals surface area (Å²) in [5.41, 5.74) is 3.87. The molecule has 0 saturated carbocycles. The minimum absolute atomic E-state index is 0.811. The van der Waals surface area contributed by atoms with Gasteiger partial charge in [0.2, 0.25) is 0 Å². The van der Waals surface area contributed by atoms with Crippen LogP contribution in [-0.2, 0) is 11.3 Å². The van der Waals surface area contributed by atoms with Gasteiger partial charge in [-0.3, -0.25) is 0 Å². The lowest BCUT2D eigenvalue weighted by Crippen LogP contribution is -2.04. The van der Waals surface area contributed by atoms with Crippen molar-refractivity contribution < 1.29 is 4.74 Å². The number of hydrogen-bond donors (Lipinski definition) is 0. The molecule has 1 aromatic heterocycles. The molecule has 0 unspecified atom stereocenters. The van der Waals surface area contributed by atoms with Crippen molar-refractivity contribution in [3.63, 3.8) is 0 Å². The Bertz CT molecular complexity index is 459. The summed E-state index contributed by atoms with van der Waals surface area (Å²) in [5, 5.41) is 0. The summed E-state index contributed by atoms with van der Waals surface area (Å²) in [4.78, 5) is 0. The molecule has 17 heavy (non-hydrogen) atoms. The first-order valence-electron chi connectivity index (χ1n) is 6.03. The molecule has 0 saturated heterocycles. The molecule has 0 spiro atoms. The number of benzene rings is 1. The molecule has 2 nitrogen and oxygen atoms in total. The van der Waals surface area contributed by atoms with Gasteiger partial charge in [-0.25, -0.2) is 0 Å². The van der Waals surface area contributed by atoms with Crippen molar-refractivity contribution in [1.29, 1.82) is 0 Å². The molecule has 1 heterocycles. The zero-order chi connectivity index (χ0) is 12.1. The highest BCUT2D eigenvalue weighted by Crippen LogP contribution is 2.22. The zero-order valence-corrected chi connectivity index (χ0v) is 10.5. The van der Waals surface area contributed by atoms with Gasteiger partial charge in [0, 0.05) is 31.6 Å². The van der Waals surface area contributed by atoms with E-state index in [1.165, 1.54) is 17.0 Å². The van der Waals surface area contributed by atoms with Gasteiger partial charge in [-0.05, 0) is 31.0 Å². The topological polar surface area (TPSA) is 14.2 Å². The van der Waals surface area contributed by atoms with Crippen LogP contribution in [0.5, 0.6) is 0 Å². The number of ether oxygens (including phenoxy) is 1. The fraction of sp³-hybridized carbons (Fsp3) is 0.333. The van der Waals surface area contributed by atoms with Gasteiger partial charge in [-0.15, -0.1) is 0 Å². The minimum Gasteiger partial charge on any atom is -0.385 e. The molecule has 0 fully saturated rings. The molecule has 0 N–H and O–H groups in total. The second kappa shape index (κ2) is 5.69.